The van der Waals surface area contributed by atoms with Gasteiger partial charge >= 0.3 is 0 Å². The summed E-state index contributed by atoms with van der Waals surface area (Å²) < 4.78 is 27.1. The van der Waals surface area contributed by atoms with Crippen LogP contribution in [-0.4, -0.2) is 39.0 Å². The van der Waals surface area contributed by atoms with Crippen molar-refractivity contribution in [2.75, 3.05) is 13.1 Å². The zero-order valence-electron chi connectivity index (χ0n) is 14.1. The molecule has 7 nitrogen and oxygen atoms in total. The normalized spacial score (nSPS) is 11.0. The number of carbonyl (C=O) groups is 3. The monoisotopic (exact) mass is 452 g/mol. The quantitative estimate of drug-likeness (QED) is 0.260. The maximum absolute atomic E-state index is 12.0. The molecule has 0 radical (unpaired) electrons. The summed E-state index contributed by atoms with van der Waals surface area (Å²) in [6.07, 6.45) is -0.552. The Hall–Kier alpha value is -2.36. The molecule has 2 rings (SSSR count). The zero-order valence-corrected chi connectivity index (χ0v) is 16.5. The predicted molar refractivity (Wildman–Crippen MR) is 103 cm³/mol. The lowest BCUT2D eigenvalue weighted by Crippen LogP contribution is -2.38. The SMILES string of the molecule is O=C(CC(=O)c1ccc(Br)cc1)C(=O)NCCNS(=O)(=O)c1ccccc1. The molecule has 2 aromatic rings. The summed E-state index contributed by atoms with van der Waals surface area (Å²) in [5.41, 5.74) is 0.329. The fraction of sp³-hybridized carbons (Fsp3) is 0.167. The van der Waals surface area contributed by atoms with Crippen LogP contribution < -0.4 is 10.0 Å². The van der Waals surface area contributed by atoms with E-state index in [1.54, 1.807) is 42.5 Å². The minimum Gasteiger partial charge on any atom is -0.348 e. The number of carbonyl (C=O) groups excluding carboxylic acids is 3. The van der Waals surface area contributed by atoms with Gasteiger partial charge in [0.2, 0.25) is 15.8 Å². The lowest BCUT2D eigenvalue weighted by atomic mass is 10.1. The van der Waals surface area contributed by atoms with Gasteiger partial charge in [-0.1, -0.05) is 46.3 Å². The molecule has 0 saturated heterocycles. The Bertz CT molecular complexity index is 928. The molecule has 0 unspecified atom stereocenters. The molecule has 0 saturated carbocycles. The Kier molecular flexibility index (Phi) is 7.40. The number of nitrogens with one attached hydrogen (secondary N) is 2. The van der Waals surface area contributed by atoms with Crippen molar-refractivity contribution in [1.82, 2.24) is 10.0 Å². The van der Waals surface area contributed by atoms with E-state index >= 15 is 0 Å². The average molecular weight is 453 g/mol. The van der Waals surface area contributed by atoms with Crippen molar-refractivity contribution < 1.29 is 22.8 Å². The van der Waals surface area contributed by atoms with Crippen LogP contribution in [0.5, 0.6) is 0 Å². The fourth-order valence-corrected chi connectivity index (χ4v) is 3.42. The Labute approximate surface area is 165 Å². The maximum Gasteiger partial charge on any atom is 0.287 e. The highest BCUT2D eigenvalue weighted by atomic mass is 79.9. The zero-order chi connectivity index (χ0) is 19.9. The van der Waals surface area contributed by atoms with E-state index in [9.17, 15) is 22.8 Å². The van der Waals surface area contributed by atoms with Gasteiger partial charge in [0.25, 0.3) is 5.91 Å². The van der Waals surface area contributed by atoms with Crippen LogP contribution in [0, 0.1) is 0 Å². The highest BCUT2D eigenvalue weighted by Crippen LogP contribution is 2.12. The second kappa shape index (κ2) is 9.54. The first-order chi connectivity index (χ1) is 12.8. The first-order valence-electron chi connectivity index (χ1n) is 7.94. The van der Waals surface area contributed by atoms with E-state index in [2.05, 4.69) is 26.0 Å². The third-order valence-electron chi connectivity index (χ3n) is 3.50. The molecule has 27 heavy (non-hydrogen) atoms. The van der Waals surface area contributed by atoms with Crippen LogP contribution in [0.4, 0.5) is 0 Å². The molecule has 0 atom stereocenters. The van der Waals surface area contributed by atoms with E-state index in [4.69, 9.17) is 0 Å². The van der Waals surface area contributed by atoms with Crippen molar-refractivity contribution >= 4 is 43.4 Å². The first-order valence-corrected chi connectivity index (χ1v) is 10.2. The molecule has 0 spiro atoms. The minimum absolute atomic E-state index is 0.0802. The van der Waals surface area contributed by atoms with Gasteiger partial charge < -0.3 is 5.32 Å². The summed E-state index contributed by atoms with van der Waals surface area (Å²) in [6.45, 7) is -0.167. The lowest BCUT2D eigenvalue weighted by Gasteiger charge is -2.07. The minimum atomic E-state index is -3.68. The van der Waals surface area contributed by atoms with Gasteiger partial charge in [0, 0.05) is 23.1 Å². The third-order valence-corrected chi connectivity index (χ3v) is 5.50. The summed E-state index contributed by atoms with van der Waals surface area (Å²) in [5.74, 6) is -2.28. The van der Waals surface area contributed by atoms with Gasteiger partial charge in [-0.25, -0.2) is 13.1 Å². The first kappa shape index (κ1) is 20.9. The van der Waals surface area contributed by atoms with Crippen LogP contribution in [0.2, 0.25) is 0 Å². The molecule has 0 heterocycles. The van der Waals surface area contributed by atoms with Gasteiger partial charge in [0.15, 0.2) is 5.78 Å². The summed E-state index contributed by atoms with van der Waals surface area (Å²) in [5, 5.41) is 2.30. The summed E-state index contributed by atoms with van der Waals surface area (Å²) in [6, 6.07) is 14.2. The number of rotatable bonds is 9. The molecule has 0 aliphatic heterocycles. The van der Waals surface area contributed by atoms with Crippen molar-refractivity contribution in [3.63, 3.8) is 0 Å². The third kappa shape index (κ3) is 6.38. The summed E-state index contributed by atoms with van der Waals surface area (Å²) in [4.78, 5) is 35.7. The summed E-state index contributed by atoms with van der Waals surface area (Å²) >= 11 is 3.24. The lowest BCUT2D eigenvalue weighted by molar-refractivity contribution is -0.137. The highest BCUT2D eigenvalue weighted by molar-refractivity contribution is 9.10. The topological polar surface area (TPSA) is 109 Å². The number of amides is 1. The molecule has 0 aromatic heterocycles. The molecule has 142 valence electrons. The largest absolute Gasteiger partial charge is 0.348 e. The Morgan fingerprint density at radius 3 is 2.15 bits per heavy atom. The van der Waals surface area contributed by atoms with Gasteiger partial charge in [0.05, 0.1) is 11.3 Å². The van der Waals surface area contributed by atoms with Crippen molar-refractivity contribution in [2.45, 2.75) is 11.3 Å². The van der Waals surface area contributed by atoms with Crippen LogP contribution in [-0.2, 0) is 19.6 Å². The van der Waals surface area contributed by atoms with E-state index < -0.39 is 33.9 Å². The fourth-order valence-electron chi connectivity index (χ4n) is 2.11. The number of hydrogen-bond donors (Lipinski definition) is 2. The van der Waals surface area contributed by atoms with Crippen molar-refractivity contribution in [3.8, 4) is 0 Å². The summed E-state index contributed by atoms with van der Waals surface area (Å²) in [7, 11) is -3.68. The van der Waals surface area contributed by atoms with E-state index in [1.165, 1.54) is 12.1 Å². The smallest absolute Gasteiger partial charge is 0.287 e. The number of sulfonamides is 1. The van der Waals surface area contributed by atoms with Crippen molar-refractivity contribution in [2.24, 2.45) is 0 Å². The second-order valence-corrected chi connectivity index (χ2v) is 8.18. The molecule has 0 bridgehead atoms. The van der Waals surface area contributed by atoms with E-state index in [0.29, 0.717) is 5.56 Å². The number of benzene rings is 2. The molecule has 2 N–H and O–H groups in total. The maximum atomic E-state index is 12.0. The van der Waals surface area contributed by atoms with Crippen LogP contribution in [0.25, 0.3) is 0 Å². The number of Topliss-reactive ketones (excluding diaryl/α,β-unsaturated/α-hetero) is 2. The van der Waals surface area contributed by atoms with Crippen molar-refractivity contribution in [1.29, 1.82) is 0 Å². The van der Waals surface area contributed by atoms with Gasteiger partial charge in [0.1, 0.15) is 0 Å². The van der Waals surface area contributed by atoms with Gasteiger partial charge in [-0.3, -0.25) is 14.4 Å². The van der Waals surface area contributed by atoms with Gasteiger partial charge in [-0.05, 0) is 24.3 Å². The Morgan fingerprint density at radius 1 is 0.889 bits per heavy atom. The number of ketones is 2. The van der Waals surface area contributed by atoms with Crippen LogP contribution in [0.15, 0.2) is 64.0 Å². The Morgan fingerprint density at radius 2 is 1.52 bits per heavy atom. The van der Waals surface area contributed by atoms with Crippen LogP contribution in [0.1, 0.15) is 16.8 Å². The van der Waals surface area contributed by atoms with Crippen LogP contribution in [0.3, 0.4) is 0 Å². The van der Waals surface area contributed by atoms with E-state index in [0.717, 1.165) is 4.47 Å². The van der Waals surface area contributed by atoms with Gasteiger partial charge in [-0.2, -0.15) is 0 Å². The number of hydrogen-bond acceptors (Lipinski definition) is 5. The van der Waals surface area contributed by atoms with Gasteiger partial charge in [-0.15, -0.1) is 0 Å². The van der Waals surface area contributed by atoms with Crippen LogP contribution >= 0.6 is 15.9 Å². The molecule has 0 aliphatic carbocycles. The Balaban J connectivity index is 1.77. The molecule has 0 aliphatic rings. The second-order valence-electron chi connectivity index (χ2n) is 5.50. The molecule has 1 amide bonds. The molecular weight excluding hydrogens is 436 g/mol. The van der Waals surface area contributed by atoms with E-state index in [-0.39, 0.29) is 18.0 Å². The predicted octanol–water partition coefficient (Wildman–Crippen LogP) is 1.69. The highest BCUT2D eigenvalue weighted by Gasteiger charge is 2.19. The molecule has 9 heteroatoms. The molecule has 2 aromatic carbocycles. The number of halogens is 1. The van der Waals surface area contributed by atoms with Crippen molar-refractivity contribution in [3.05, 3.63) is 64.6 Å². The molecular formula is C18H17BrN2O5S. The molecule has 0 fully saturated rings. The average Bonchev–Trinajstić information content (AvgIpc) is 2.66. The van der Waals surface area contributed by atoms with E-state index in [1.807, 2.05) is 0 Å². The standard InChI is InChI=1S/C18H17BrN2O5S/c19-14-8-6-13(7-9-14)16(22)12-17(23)18(24)20-10-11-21-27(25,26)15-4-2-1-3-5-15/h1-9,21H,10-12H2,(H,20,24).